The summed E-state index contributed by atoms with van der Waals surface area (Å²) in [6.45, 7) is 7.73. The molecule has 0 aliphatic heterocycles. The van der Waals surface area contributed by atoms with Crippen LogP contribution >= 0.6 is 0 Å². The number of nitrogens with one attached hydrogen (secondary N) is 1. The van der Waals surface area contributed by atoms with E-state index in [1.165, 1.54) is 27.7 Å². The molecule has 1 aromatic carbocycles. The van der Waals surface area contributed by atoms with Gasteiger partial charge in [-0.1, -0.05) is 39.0 Å². The summed E-state index contributed by atoms with van der Waals surface area (Å²) in [4.78, 5) is 0. The standard InChI is InChI=1S/C16H24N2/c1-6-12-8-7-9-13-15(11(2)3)14(10-17-4)18(5)16(12)13/h7-9,11,17H,6,10H2,1-5H3. The Morgan fingerprint density at radius 1 is 1.28 bits per heavy atom. The quantitative estimate of drug-likeness (QED) is 0.870. The van der Waals surface area contributed by atoms with Crippen LogP contribution in [0.1, 0.15) is 43.5 Å². The molecule has 0 atom stereocenters. The summed E-state index contributed by atoms with van der Waals surface area (Å²) in [5.74, 6) is 0.559. The SMILES string of the molecule is CCc1cccc2c(C(C)C)c(CNC)n(C)c12. The van der Waals surface area contributed by atoms with Crippen molar-refractivity contribution in [3.63, 3.8) is 0 Å². The number of para-hydroxylation sites is 1. The fraction of sp³-hybridized carbons (Fsp3) is 0.500. The van der Waals surface area contributed by atoms with Crippen LogP contribution in [-0.2, 0) is 20.0 Å². The summed E-state index contributed by atoms with van der Waals surface area (Å²) < 4.78 is 2.38. The lowest BCUT2D eigenvalue weighted by atomic mass is 9.98. The van der Waals surface area contributed by atoms with E-state index in [1.54, 1.807) is 0 Å². The molecule has 0 bridgehead atoms. The molecular formula is C16H24N2. The molecule has 0 fully saturated rings. The first-order chi connectivity index (χ1) is 8.61. The average Bonchev–Trinajstić information content (AvgIpc) is 2.63. The number of aryl methyl sites for hydroxylation is 2. The van der Waals surface area contributed by atoms with Crippen LogP contribution in [0, 0.1) is 0 Å². The number of nitrogens with zero attached hydrogens (tertiary/aromatic N) is 1. The van der Waals surface area contributed by atoms with Gasteiger partial charge in [0.25, 0.3) is 0 Å². The highest BCUT2D eigenvalue weighted by atomic mass is 15.0. The highest BCUT2D eigenvalue weighted by molar-refractivity contribution is 5.88. The molecule has 18 heavy (non-hydrogen) atoms. The summed E-state index contributed by atoms with van der Waals surface area (Å²) in [6.07, 6.45) is 1.09. The first-order valence-corrected chi connectivity index (χ1v) is 6.85. The highest BCUT2D eigenvalue weighted by Crippen LogP contribution is 2.33. The second-order valence-electron chi connectivity index (χ2n) is 5.27. The van der Waals surface area contributed by atoms with Crippen molar-refractivity contribution in [3.05, 3.63) is 35.0 Å². The molecule has 2 aromatic rings. The summed E-state index contributed by atoms with van der Waals surface area (Å²) in [6, 6.07) is 6.70. The molecule has 0 spiro atoms. The van der Waals surface area contributed by atoms with Gasteiger partial charge in [0, 0.05) is 24.7 Å². The van der Waals surface area contributed by atoms with Crippen molar-refractivity contribution < 1.29 is 0 Å². The molecule has 0 saturated carbocycles. The van der Waals surface area contributed by atoms with E-state index in [2.05, 4.69) is 55.9 Å². The van der Waals surface area contributed by atoms with Gasteiger partial charge in [-0.2, -0.15) is 0 Å². The number of fused-ring (bicyclic) bond motifs is 1. The zero-order valence-electron chi connectivity index (χ0n) is 12.2. The maximum Gasteiger partial charge on any atom is 0.0515 e. The molecule has 0 radical (unpaired) electrons. The van der Waals surface area contributed by atoms with Gasteiger partial charge >= 0.3 is 0 Å². The number of hydrogen-bond acceptors (Lipinski definition) is 1. The Labute approximate surface area is 110 Å². The Hall–Kier alpha value is -1.28. The van der Waals surface area contributed by atoms with Gasteiger partial charge in [-0.05, 0) is 30.5 Å². The zero-order chi connectivity index (χ0) is 13.3. The minimum Gasteiger partial charge on any atom is -0.346 e. The van der Waals surface area contributed by atoms with Crippen molar-refractivity contribution in [3.8, 4) is 0 Å². The zero-order valence-corrected chi connectivity index (χ0v) is 12.2. The van der Waals surface area contributed by atoms with Gasteiger partial charge < -0.3 is 9.88 Å². The van der Waals surface area contributed by atoms with Crippen molar-refractivity contribution in [1.82, 2.24) is 9.88 Å². The van der Waals surface area contributed by atoms with E-state index in [1.807, 2.05) is 7.05 Å². The topological polar surface area (TPSA) is 17.0 Å². The predicted molar refractivity (Wildman–Crippen MR) is 79.1 cm³/mol. The van der Waals surface area contributed by atoms with Crippen molar-refractivity contribution in [2.45, 2.75) is 39.7 Å². The molecule has 1 N–H and O–H groups in total. The monoisotopic (exact) mass is 244 g/mol. The fourth-order valence-electron chi connectivity index (χ4n) is 2.99. The Morgan fingerprint density at radius 2 is 2.00 bits per heavy atom. The lowest BCUT2D eigenvalue weighted by Gasteiger charge is -2.10. The molecule has 1 aromatic heterocycles. The van der Waals surface area contributed by atoms with Gasteiger partial charge in [0.1, 0.15) is 0 Å². The lowest BCUT2D eigenvalue weighted by Crippen LogP contribution is -2.11. The molecule has 2 heteroatoms. The van der Waals surface area contributed by atoms with Gasteiger partial charge in [0.15, 0.2) is 0 Å². The van der Waals surface area contributed by atoms with Crippen LogP contribution in [0.5, 0.6) is 0 Å². The third kappa shape index (κ3) is 1.95. The maximum atomic E-state index is 3.30. The third-order valence-corrected chi connectivity index (χ3v) is 3.76. The van der Waals surface area contributed by atoms with Gasteiger partial charge in [0.05, 0.1) is 5.52 Å². The van der Waals surface area contributed by atoms with Crippen molar-refractivity contribution in [1.29, 1.82) is 0 Å². The van der Waals surface area contributed by atoms with Crippen LogP contribution in [-0.4, -0.2) is 11.6 Å². The maximum absolute atomic E-state index is 3.30. The lowest BCUT2D eigenvalue weighted by molar-refractivity contribution is 0.716. The van der Waals surface area contributed by atoms with Crippen LogP contribution in [0.15, 0.2) is 18.2 Å². The van der Waals surface area contributed by atoms with E-state index in [0.29, 0.717) is 5.92 Å². The van der Waals surface area contributed by atoms with Crippen molar-refractivity contribution in [2.75, 3.05) is 7.05 Å². The number of aromatic nitrogens is 1. The highest BCUT2D eigenvalue weighted by Gasteiger charge is 2.18. The average molecular weight is 244 g/mol. The summed E-state index contributed by atoms with van der Waals surface area (Å²) in [5, 5.41) is 4.73. The Morgan fingerprint density at radius 3 is 2.56 bits per heavy atom. The van der Waals surface area contributed by atoms with E-state index < -0.39 is 0 Å². The van der Waals surface area contributed by atoms with Gasteiger partial charge in [-0.25, -0.2) is 0 Å². The molecule has 0 aliphatic rings. The van der Waals surface area contributed by atoms with Gasteiger partial charge in [0.2, 0.25) is 0 Å². The molecule has 0 saturated heterocycles. The second-order valence-corrected chi connectivity index (χ2v) is 5.27. The van der Waals surface area contributed by atoms with Crippen LogP contribution in [0.3, 0.4) is 0 Å². The minimum atomic E-state index is 0.559. The van der Waals surface area contributed by atoms with Crippen molar-refractivity contribution >= 4 is 10.9 Å². The van der Waals surface area contributed by atoms with Crippen LogP contribution < -0.4 is 5.32 Å². The first-order valence-electron chi connectivity index (χ1n) is 6.85. The molecular weight excluding hydrogens is 220 g/mol. The largest absolute Gasteiger partial charge is 0.346 e. The van der Waals surface area contributed by atoms with E-state index in [-0.39, 0.29) is 0 Å². The molecule has 0 aliphatic carbocycles. The molecule has 2 nitrogen and oxygen atoms in total. The predicted octanol–water partition coefficient (Wildman–Crippen LogP) is 3.58. The molecule has 1 heterocycles. The molecule has 2 rings (SSSR count). The number of benzene rings is 1. The summed E-state index contributed by atoms with van der Waals surface area (Å²) >= 11 is 0. The molecule has 0 amide bonds. The van der Waals surface area contributed by atoms with Gasteiger partial charge in [-0.15, -0.1) is 0 Å². The summed E-state index contributed by atoms with van der Waals surface area (Å²) in [7, 11) is 4.21. The smallest absolute Gasteiger partial charge is 0.0515 e. The molecule has 0 unspecified atom stereocenters. The summed E-state index contributed by atoms with van der Waals surface area (Å²) in [5.41, 5.74) is 5.77. The van der Waals surface area contributed by atoms with E-state index in [9.17, 15) is 0 Å². The Balaban J connectivity index is 2.82. The second kappa shape index (κ2) is 5.15. The number of hydrogen-bond donors (Lipinski definition) is 1. The number of rotatable bonds is 4. The van der Waals surface area contributed by atoms with Crippen LogP contribution in [0.25, 0.3) is 10.9 Å². The van der Waals surface area contributed by atoms with Crippen molar-refractivity contribution in [2.24, 2.45) is 7.05 Å². The van der Waals surface area contributed by atoms with E-state index in [0.717, 1.165) is 13.0 Å². The first kappa shape index (κ1) is 13.2. The van der Waals surface area contributed by atoms with E-state index >= 15 is 0 Å². The Kier molecular flexibility index (Phi) is 3.76. The Bertz CT molecular complexity index is 550. The van der Waals surface area contributed by atoms with E-state index in [4.69, 9.17) is 0 Å². The third-order valence-electron chi connectivity index (χ3n) is 3.76. The van der Waals surface area contributed by atoms with Crippen LogP contribution in [0.4, 0.5) is 0 Å². The normalized spacial score (nSPS) is 11.7. The minimum absolute atomic E-state index is 0.559. The fourth-order valence-corrected chi connectivity index (χ4v) is 2.99. The molecule has 98 valence electrons. The van der Waals surface area contributed by atoms with Crippen LogP contribution in [0.2, 0.25) is 0 Å². The van der Waals surface area contributed by atoms with Gasteiger partial charge in [-0.3, -0.25) is 0 Å².